The molecule has 0 unspecified atom stereocenters. The lowest BCUT2D eigenvalue weighted by Crippen LogP contribution is -2.26. The number of nitrogens with one attached hydrogen (secondary N) is 1. The molecule has 0 radical (unpaired) electrons. The molecule has 0 aromatic carbocycles. The van der Waals surface area contributed by atoms with Crippen LogP contribution in [-0.4, -0.2) is 13.1 Å². The van der Waals surface area contributed by atoms with E-state index in [1.54, 1.807) is 0 Å². The normalized spacial score (nSPS) is 20.8. The summed E-state index contributed by atoms with van der Waals surface area (Å²) in [5.74, 6) is 1.75. The first-order chi connectivity index (χ1) is 7.72. The van der Waals surface area contributed by atoms with Crippen LogP contribution >= 0.6 is 0 Å². The molecule has 1 heteroatoms. The Balaban J connectivity index is 2.27. The van der Waals surface area contributed by atoms with Gasteiger partial charge in [-0.3, -0.25) is 0 Å². The minimum Gasteiger partial charge on any atom is -0.314 e. The third-order valence-corrected chi connectivity index (χ3v) is 3.66. The molecule has 1 aliphatic rings. The molecule has 1 N–H and O–H groups in total. The molecule has 1 atom stereocenters. The van der Waals surface area contributed by atoms with Crippen LogP contribution < -0.4 is 5.32 Å². The molecular formula is C15H29N. The van der Waals surface area contributed by atoms with Gasteiger partial charge in [-0.25, -0.2) is 0 Å². The fourth-order valence-electron chi connectivity index (χ4n) is 2.59. The maximum Gasteiger partial charge on any atom is 0.0249 e. The van der Waals surface area contributed by atoms with Gasteiger partial charge in [0, 0.05) is 6.04 Å². The van der Waals surface area contributed by atoms with Crippen LogP contribution in [0.3, 0.4) is 0 Å². The Kier molecular flexibility index (Phi) is 6.79. The molecule has 1 aliphatic carbocycles. The number of likely N-dealkylation sites (N-methyl/N-ethyl adjacent to an activating group) is 1. The Bertz CT molecular complexity index is 190. The van der Waals surface area contributed by atoms with Gasteiger partial charge in [-0.2, -0.15) is 0 Å². The van der Waals surface area contributed by atoms with Crippen molar-refractivity contribution in [2.24, 2.45) is 11.8 Å². The molecule has 1 saturated carbocycles. The first-order valence-electron chi connectivity index (χ1n) is 7.06. The van der Waals surface area contributed by atoms with E-state index >= 15 is 0 Å². The van der Waals surface area contributed by atoms with Crippen molar-refractivity contribution in [3.63, 3.8) is 0 Å². The van der Waals surface area contributed by atoms with E-state index in [1.165, 1.54) is 44.9 Å². The molecule has 16 heavy (non-hydrogen) atoms. The zero-order valence-corrected chi connectivity index (χ0v) is 11.3. The maximum atomic E-state index is 3.44. The van der Waals surface area contributed by atoms with Gasteiger partial charge in [-0.05, 0) is 31.7 Å². The van der Waals surface area contributed by atoms with Crippen molar-refractivity contribution >= 4 is 0 Å². The molecule has 0 heterocycles. The average Bonchev–Trinajstić information content (AvgIpc) is 2.28. The first kappa shape index (κ1) is 13.8. The van der Waals surface area contributed by atoms with Crippen LogP contribution in [0.2, 0.25) is 0 Å². The zero-order chi connectivity index (χ0) is 11.8. The lowest BCUT2D eigenvalue weighted by atomic mass is 9.84. The summed E-state index contributed by atoms with van der Waals surface area (Å²) in [6, 6.07) is 0.599. The number of hydrogen-bond donors (Lipinski definition) is 1. The van der Waals surface area contributed by atoms with E-state index in [2.05, 4.69) is 38.4 Å². The zero-order valence-electron chi connectivity index (χ0n) is 11.3. The van der Waals surface area contributed by atoms with Crippen molar-refractivity contribution in [1.29, 1.82) is 0 Å². The third kappa shape index (κ3) is 5.69. The van der Waals surface area contributed by atoms with Crippen LogP contribution in [0.1, 0.15) is 58.8 Å². The van der Waals surface area contributed by atoms with Gasteiger partial charge in [0.2, 0.25) is 0 Å². The van der Waals surface area contributed by atoms with E-state index in [4.69, 9.17) is 0 Å². The van der Waals surface area contributed by atoms with Crippen molar-refractivity contribution in [2.45, 2.75) is 64.8 Å². The van der Waals surface area contributed by atoms with Gasteiger partial charge >= 0.3 is 0 Å². The lowest BCUT2D eigenvalue weighted by molar-refractivity contribution is 0.319. The molecule has 0 saturated heterocycles. The van der Waals surface area contributed by atoms with E-state index in [9.17, 15) is 0 Å². The Morgan fingerprint density at radius 2 is 1.88 bits per heavy atom. The Hall–Kier alpha value is -0.300. The molecular weight excluding hydrogens is 194 g/mol. The van der Waals surface area contributed by atoms with Crippen molar-refractivity contribution in [3.8, 4) is 0 Å². The lowest BCUT2D eigenvalue weighted by Gasteiger charge is -2.24. The summed E-state index contributed by atoms with van der Waals surface area (Å²) < 4.78 is 0. The quantitative estimate of drug-likeness (QED) is 0.667. The van der Waals surface area contributed by atoms with Gasteiger partial charge in [-0.15, -0.1) is 0 Å². The fraction of sp³-hybridized carbons (Fsp3) is 0.867. The Morgan fingerprint density at radius 3 is 2.44 bits per heavy atom. The largest absolute Gasteiger partial charge is 0.314 e. The highest BCUT2D eigenvalue weighted by Crippen LogP contribution is 2.27. The fourth-order valence-corrected chi connectivity index (χ4v) is 2.59. The van der Waals surface area contributed by atoms with E-state index in [-0.39, 0.29) is 0 Å². The number of allylic oxidation sites excluding steroid dienone is 1. The summed E-state index contributed by atoms with van der Waals surface area (Å²) in [5, 5.41) is 3.44. The molecule has 1 fully saturated rings. The van der Waals surface area contributed by atoms with Crippen molar-refractivity contribution in [3.05, 3.63) is 12.2 Å². The predicted octanol–water partition coefficient (Wildman–Crippen LogP) is 4.15. The van der Waals surface area contributed by atoms with Gasteiger partial charge in [0.25, 0.3) is 0 Å². The van der Waals surface area contributed by atoms with Crippen molar-refractivity contribution in [2.75, 3.05) is 7.05 Å². The predicted molar refractivity (Wildman–Crippen MR) is 72.6 cm³/mol. The molecule has 94 valence electrons. The van der Waals surface area contributed by atoms with Crippen LogP contribution in [0.15, 0.2) is 12.2 Å². The second-order valence-electron chi connectivity index (χ2n) is 5.69. The SMILES string of the molecule is CN[C@H](/C=C\CC(C)C)CC1CCCCC1. The molecule has 0 amide bonds. The molecule has 0 aliphatic heterocycles. The average molecular weight is 223 g/mol. The standard InChI is InChI=1S/C15H29N/c1-13(2)8-7-11-15(16-3)12-14-9-5-4-6-10-14/h7,11,13-16H,4-6,8-10,12H2,1-3H3/b11-7-/t15-/m1/s1. The van der Waals surface area contributed by atoms with E-state index in [0.717, 1.165) is 11.8 Å². The monoisotopic (exact) mass is 223 g/mol. The minimum absolute atomic E-state index is 0.599. The van der Waals surface area contributed by atoms with Gasteiger partial charge < -0.3 is 5.32 Å². The second kappa shape index (κ2) is 7.89. The summed E-state index contributed by atoms with van der Waals surface area (Å²) in [7, 11) is 2.09. The topological polar surface area (TPSA) is 12.0 Å². The summed E-state index contributed by atoms with van der Waals surface area (Å²) in [4.78, 5) is 0. The first-order valence-corrected chi connectivity index (χ1v) is 7.06. The third-order valence-electron chi connectivity index (χ3n) is 3.66. The molecule has 0 aromatic heterocycles. The minimum atomic E-state index is 0.599. The highest BCUT2D eigenvalue weighted by Gasteiger charge is 2.16. The van der Waals surface area contributed by atoms with Crippen LogP contribution in [0.4, 0.5) is 0 Å². The van der Waals surface area contributed by atoms with Gasteiger partial charge in [-0.1, -0.05) is 58.1 Å². The molecule has 0 spiro atoms. The van der Waals surface area contributed by atoms with Crippen LogP contribution in [-0.2, 0) is 0 Å². The number of hydrogen-bond acceptors (Lipinski definition) is 1. The highest BCUT2D eigenvalue weighted by molar-refractivity contribution is 4.94. The molecule has 1 nitrogen and oxygen atoms in total. The van der Waals surface area contributed by atoms with Crippen LogP contribution in [0, 0.1) is 11.8 Å². The maximum absolute atomic E-state index is 3.44. The molecule has 1 rings (SSSR count). The van der Waals surface area contributed by atoms with Gasteiger partial charge in [0.1, 0.15) is 0 Å². The highest BCUT2D eigenvalue weighted by atomic mass is 14.9. The molecule has 0 bridgehead atoms. The van der Waals surface area contributed by atoms with Crippen LogP contribution in [0.25, 0.3) is 0 Å². The molecule has 0 aromatic rings. The van der Waals surface area contributed by atoms with Crippen molar-refractivity contribution < 1.29 is 0 Å². The second-order valence-corrected chi connectivity index (χ2v) is 5.69. The van der Waals surface area contributed by atoms with E-state index in [1.807, 2.05) is 0 Å². The van der Waals surface area contributed by atoms with E-state index in [0.29, 0.717) is 6.04 Å². The Morgan fingerprint density at radius 1 is 1.19 bits per heavy atom. The van der Waals surface area contributed by atoms with Gasteiger partial charge in [0.05, 0.1) is 0 Å². The van der Waals surface area contributed by atoms with E-state index < -0.39 is 0 Å². The smallest absolute Gasteiger partial charge is 0.0249 e. The summed E-state index contributed by atoms with van der Waals surface area (Å²) in [5.41, 5.74) is 0. The summed E-state index contributed by atoms with van der Waals surface area (Å²) >= 11 is 0. The Labute approximate surface area is 102 Å². The van der Waals surface area contributed by atoms with Crippen molar-refractivity contribution in [1.82, 2.24) is 5.32 Å². The summed E-state index contributed by atoms with van der Waals surface area (Å²) in [6.45, 7) is 4.56. The number of rotatable bonds is 6. The van der Waals surface area contributed by atoms with Gasteiger partial charge in [0.15, 0.2) is 0 Å². The van der Waals surface area contributed by atoms with Crippen LogP contribution in [0.5, 0.6) is 0 Å². The summed E-state index contributed by atoms with van der Waals surface area (Å²) in [6.07, 6.45) is 14.6.